The number of carbonyl (C=O) groups is 1. The average molecular weight is 260 g/mol. The number of aromatic nitrogens is 2. The van der Waals surface area contributed by atoms with Gasteiger partial charge in [-0.15, -0.1) is 0 Å². The van der Waals surface area contributed by atoms with Crippen LogP contribution in [0.15, 0.2) is 12.4 Å². The normalized spacial score (nSPS) is 17.4. The van der Waals surface area contributed by atoms with E-state index < -0.39 is 10.8 Å². The van der Waals surface area contributed by atoms with Gasteiger partial charge in [-0.1, -0.05) is 11.6 Å². The number of amides is 1. The fourth-order valence-corrected chi connectivity index (χ4v) is 2.65. The van der Waals surface area contributed by atoms with Crippen LogP contribution in [0, 0.1) is 0 Å². The molecule has 1 saturated heterocycles. The van der Waals surface area contributed by atoms with E-state index >= 15 is 0 Å². The first-order valence-electron chi connectivity index (χ1n) is 4.78. The van der Waals surface area contributed by atoms with Gasteiger partial charge < -0.3 is 4.90 Å². The molecular formula is C9H10ClN3O2S. The van der Waals surface area contributed by atoms with E-state index in [1.54, 1.807) is 4.90 Å². The minimum absolute atomic E-state index is 0.200. The lowest BCUT2D eigenvalue weighted by Crippen LogP contribution is -2.42. The molecule has 0 bridgehead atoms. The Bertz CT molecular complexity index is 431. The van der Waals surface area contributed by atoms with Gasteiger partial charge in [-0.2, -0.15) is 0 Å². The van der Waals surface area contributed by atoms with Crippen molar-refractivity contribution in [1.82, 2.24) is 14.9 Å². The molecule has 2 heterocycles. The molecular weight excluding hydrogens is 250 g/mol. The fourth-order valence-electron chi connectivity index (χ4n) is 1.45. The van der Waals surface area contributed by atoms with Crippen LogP contribution in [0.2, 0.25) is 5.15 Å². The van der Waals surface area contributed by atoms with Gasteiger partial charge in [0, 0.05) is 35.4 Å². The summed E-state index contributed by atoms with van der Waals surface area (Å²) in [6.07, 6.45) is 2.77. The molecule has 0 atom stereocenters. The third-order valence-corrected chi connectivity index (χ3v) is 3.75. The predicted octanol–water partition coefficient (Wildman–Crippen LogP) is 0.334. The van der Waals surface area contributed by atoms with Gasteiger partial charge in [0.05, 0.1) is 12.4 Å². The monoisotopic (exact) mass is 259 g/mol. The molecule has 2 rings (SSSR count). The van der Waals surface area contributed by atoms with E-state index in [1.165, 1.54) is 12.4 Å². The molecule has 1 amide bonds. The molecule has 1 aliphatic heterocycles. The van der Waals surface area contributed by atoms with Crippen LogP contribution >= 0.6 is 11.6 Å². The van der Waals surface area contributed by atoms with Crippen molar-refractivity contribution in [1.29, 1.82) is 0 Å². The molecule has 0 radical (unpaired) electrons. The van der Waals surface area contributed by atoms with Gasteiger partial charge in [0.1, 0.15) is 10.8 Å². The van der Waals surface area contributed by atoms with Crippen molar-refractivity contribution in [2.75, 3.05) is 24.6 Å². The van der Waals surface area contributed by atoms with Crippen LogP contribution in [0.5, 0.6) is 0 Å². The SMILES string of the molecule is O=C(c1cncc(Cl)n1)N1CCS(=O)CC1. The molecule has 0 saturated carbocycles. The maximum atomic E-state index is 11.9. The zero-order chi connectivity index (χ0) is 11.5. The molecule has 5 nitrogen and oxygen atoms in total. The molecule has 1 aromatic rings. The number of carbonyl (C=O) groups excluding carboxylic acids is 1. The van der Waals surface area contributed by atoms with Crippen LogP contribution in [0.1, 0.15) is 10.5 Å². The molecule has 1 aliphatic rings. The second kappa shape index (κ2) is 4.88. The molecule has 86 valence electrons. The van der Waals surface area contributed by atoms with Gasteiger partial charge in [-0.25, -0.2) is 4.98 Å². The molecule has 0 unspecified atom stereocenters. The van der Waals surface area contributed by atoms with Gasteiger partial charge in [0.25, 0.3) is 5.91 Å². The maximum absolute atomic E-state index is 11.9. The van der Waals surface area contributed by atoms with Gasteiger partial charge in [-0.05, 0) is 0 Å². The summed E-state index contributed by atoms with van der Waals surface area (Å²) in [5, 5.41) is 0.200. The number of nitrogens with zero attached hydrogens (tertiary/aromatic N) is 3. The Balaban J connectivity index is 2.10. The van der Waals surface area contributed by atoms with Crippen molar-refractivity contribution in [3.8, 4) is 0 Å². The fraction of sp³-hybridized carbons (Fsp3) is 0.444. The highest BCUT2D eigenvalue weighted by Crippen LogP contribution is 2.08. The molecule has 0 spiro atoms. The van der Waals surface area contributed by atoms with Crippen LogP contribution in [-0.2, 0) is 10.8 Å². The number of hydrogen-bond donors (Lipinski definition) is 0. The molecule has 7 heteroatoms. The Hall–Kier alpha value is -1.01. The van der Waals surface area contributed by atoms with E-state index in [1.807, 2.05) is 0 Å². The first-order valence-corrected chi connectivity index (χ1v) is 6.65. The van der Waals surface area contributed by atoms with Crippen LogP contribution < -0.4 is 0 Å². The third-order valence-electron chi connectivity index (χ3n) is 2.29. The quantitative estimate of drug-likeness (QED) is 0.729. The number of halogens is 1. The van der Waals surface area contributed by atoms with Crippen molar-refractivity contribution in [3.05, 3.63) is 23.2 Å². The van der Waals surface area contributed by atoms with Crippen LogP contribution in [0.3, 0.4) is 0 Å². The van der Waals surface area contributed by atoms with E-state index in [9.17, 15) is 9.00 Å². The Morgan fingerprint density at radius 2 is 2.06 bits per heavy atom. The summed E-state index contributed by atoms with van der Waals surface area (Å²) in [5.74, 6) is 0.853. The lowest BCUT2D eigenvalue weighted by molar-refractivity contribution is 0.0765. The molecule has 1 aromatic heterocycles. The third kappa shape index (κ3) is 2.56. The Morgan fingerprint density at radius 3 is 2.69 bits per heavy atom. The smallest absolute Gasteiger partial charge is 0.274 e. The van der Waals surface area contributed by atoms with Gasteiger partial charge in [0.15, 0.2) is 0 Å². The van der Waals surface area contributed by atoms with E-state index in [0.29, 0.717) is 24.6 Å². The van der Waals surface area contributed by atoms with Crippen LogP contribution in [0.25, 0.3) is 0 Å². The highest BCUT2D eigenvalue weighted by atomic mass is 35.5. The van der Waals surface area contributed by atoms with Gasteiger partial charge in [0.2, 0.25) is 0 Å². The average Bonchev–Trinajstić information content (AvgIpc) is 2.29. The topological polar surface area (TPSA) is 63.2 Å². The summed E-state index contributed by atoms with van der Waals surface area (Å²) in [6, 6.07) is 0. The minimum Gasteiger partial charge on any atom is -0.335 e. The highest BCUT2D eigenvalue weighted by Gasteiger charge is 2.22. The van der Waals surface area contributed by atoms with Crippen molar-refractivity contribution >= 4 is 28.3 Å². The van der Waals surface area contributed by atoms with Crippen LogP contribution in [-0.4, -0.2) is 49.6 Å². The van der Waals surface area contributed by atoms with E-state index in [-0.39, 0.29) is 16.8 Å². The Kier molecular flexibility index (Phi) is 3.50. The van der Waals surface area contributed by atoms with Crippen molar-refractivity contribution in [3.63, 3.8) is 0 Å². The van der Waals surface area contributed by atoms with Gasteiger partial charge >= 0.3 is 0 Å². The first-order chi connectivity index (χ1) is 7.66. The molecule has 0 aliphatic carbocycles. The van der Waals surface area contributed by atoms with Gasteiger partial charge in [-0.3, -0.25) is 14.0 Å². The Morgan fingerprint density at radius 1 is 1.38 bits per heavy atom. The molecule has 0 aromatic carbocycles. The maximum Gasteiger partial charge on any atom is 0.274 e. The van der Waals surface area contributed by atoms with Crippen LogP contribution in [0.4, 0.5) is 0 Å². The lowest BCUT2D eigenvalue weighted by atomic mass is 10.3. The number of hydrogen-bond acceptors (Lipinski definition) is 4. The summed E-state index contributed by atoms with van der Waals surface area (Å²) in [5.41, 5.74) is 0.236. The zero-order valence-electron chi connectivity index (χ0n) is 8.43. The van der Waals surface area contributed by atoms with E-state index in [2.05, 4.69) is 9.97 Å². The summed E-state index contributed by atoms with van der Waals surface area (Å²) in [4.78, 5) is 21.3. The summed E-state index contributed by atoms with van der Waals surface area (Å²) >= 11 is 5.66. The molecule has 16 heavy (non-hydrogen) atoms. The molecule has 0 N–H and O–H groups in total. The largest absolute Gasteiger partial charge is 0.335 e. The second-order valence-corrected chi connectivity index (χ2v) is 5.45. The minimum atomic E-state index is -0.794. The van der Waals surface area contributed by atoms with E-state index in [4.69, 9.17) is 11.6 Å². The summed E-state index contributed by atoms with van der Waals surface area (Å²) in [7, 11) is -0.794. The second-order valence-electron chi connectivity index (χ2n) is 3.37. The zero-order valence-corrected chi connectivity index (χ0v) is 10.00. The van der Waals surface area contributed by atoms with Crippen molar-refractivity contribution in [2.24, 2.45) is 0 Å². The standard InChI is InChI=1S/C9H10ClN3O2S/c10-8-6-11-5-7(12-8)9(14)13-1-3-16(15)4-2-13/h5-6H,1-4H2. The summed E-state index contributed by atoms with van der Waals surface area (Å²) in [6.45, 7) is 0.999. The molecule has 1 fully saturated rings. The lowest BCUT2D eigenvalue weighted by Gasteiger charge is -2.25. The van der Waals surface area contributed by atoms with Crippen molar-refractivity contribution < 1.29 is 9.00 Å². The summed E-state index contributed by atoms with van der Waals surface area (Å²) < 4.78 is 11.1. The van der Waals surface area contributed by atoms with Crippen molar-refractivity contribution in [2.45, 2.75) is 0 Å². The predicted molar refractivity (Wildman–Crippen MR) is 60.8 cm³/mol. The first kappa shape index (κ1) is 11.5. The highest BCUT2D eigenvalue weighted by molar-refractivity contribution is 7.85. The van der Waals surface area contributed by atoms with E-state index in [0.717, 1.165) is 0 Å². The Labute approximate surface area is 100 Å². The number of rotatable bonds is 1.